The van der Waals surface area contributed by atoms with Crippen molar-refractivity contribution in [3.8, 4) is 23.0 Å². The number of ether oxygens (including phenoxy) is 4. The van der Waals surface area contributed by atoms with E-state index in [4.69, 9.17) is 23.5 Å². The summed E-state index contributed by atoms with van der Waals surface area (Å²) in [4.78, 5) is 27.6. The molecule has 0 fully saturated rings. The van der Waals surface area contributed by atoms with Gasteiger partial charge in [0.1, 0.15) is 0 Å². The second kappa shape index (κ2) is 11.5. The molecule has 1 aliphatic rings. The molecular formula is C26H29N3O7. The molecule has 3 aromatic rings. The molecule has 0 saturated heterocycles. The van der Waals surface area contributed by atoms with Gasteiger partial charge in [-0.2, -0.15) is 0 Å². The third kappa shape index (κ3) is 5.70. The summed E-state index contributed by atoms with van der Waals surface area (Å²) in [6.45, 7) is 3.23. The summed E-state index contributed by atoms with van der Waals surface area (Å²) in [7, 11) is 3.06. The molecule has 2 heterocycles. The molecule has 1 aromatic heterocycles. The normalized spacial score (nSPS) is 11.8. The number of amides is 2. The van der Waals surface area contributed by atoms with E-state index in [-0.39, 0.29) is 37.4 Å². The van der Waals surface area contributed by atoms with E-state index in [9.17, 15) is 9.59 Å². The first kappa shape index (κ1) is 24.9. The average Bonchev–Trinajstić information content (AvgIpc) is 3.58. The maximum absolute atomic E-state index is 13.3. The average molecular weight is 496 g/mol. The number of benzene rings is 2. The number of fused-ring (bicyclic) bond motifs is 1. The van der Waals surface area contributed by atoms with Crippen LogP contribution in [0.1, 0.15) is 51.9 Å². The molecule has 0 bridgehead atoms. The van der Waals surface area contributed by atoms with E-state index in [1.807, 2.05) is 12.1 Å². The van der Waals surface area contributed by atoms with Crippen molar-refractivity contribution >= 4 is 11.8 Å². The van der Waals surface area contributed by atoms with Crippen molar-refractivity contribution in [3.63, 3.8) is 0 Å². The summed E-state index contributed by atoms with van der Waals surface area (Å²) in [5, 5.41) is 6.71. The van der Waals surface area contributed by atoms with Gasteiger partial charge < -0.3 is 33.7 Å². The van der Waals surface area contributed by atoms with Crippen LogP contribution in [0.4, 0.5) is 0 Å². The van der Waals surface area contributed by atoms with Crippen LogP contribution in [0.15, 0.2) is 47.0 Å². The lowest BCUT2D eigenvalue weighted by Crippen LogP contribution is -2.31. The van der Waals surface area contributed by atoms with Gasteiger partial charge in [0, 0.05) is 24.7 Å². The number of carbonyl (C=O) groups is 2. The molecule has 0 unspecified atom stereocenters. The zero-order chi connectivity index (χ0) is 25.5. The van der Waals surface area contributed by atoms with Gasteiger partial charge in [0.2, 0.25) is 6.79 Å². The third-order valence-corrected chi connectivity index (χ3v) is 5.73. The van der Waals surface area contributed by atoms with Gasteiger partial charge in [-0.3, -0.25) is 9.59 Å². The highest BCUT2D eigenvalue weighted by molar-refractivity contribution is 5.95. The fourth-order valence-corrected chi connectivity index (χ4v) is 3.76. The van der Waals surface area contributed by atoms with E-state index in [2.05, 4.69) is 17.4 Å². The lowest BCUT2D eigenvalue weighted by Gasteiger charge is -2.21. The molecule has 10 heteroatoms. The van der Waals surface area contributed by atoms with Crippen LogP contribution in [0.25, 0.3) is 0 Å². The molecule has 0 spiro atoms. The van der Waals surface area contributed by atoms with Crippen LogP contribution in [-0.2, 0) is 13.1 Å². The highest BCUT2D eigenvalue weighted by atomic mass is 16.7. The quantitative estimate of drug-likeness (QED) is 0.428. The first-order valence-electron chi connectivity index (χ1n) is 11.7. The van der Waals surface area contributed by atoms with Crippen LogP contribution >= 0.6 is 0 Å². The van der Waals surface area contributed by atoms with Gasteiger partial charge >= 0.3 is 0 Å². The van der Waals surface area contributed by atoms with E-state index in [0.717, 1.165) is 18.4 Å². The zero-order valence-electron chi connectivity index (χ0n) is 20.5. The van der Waals surface area contributed by atoms with Crippen molar-refractivity contribution in [3.05, 3.63) is 65.0 Å². The number of hydrogen-bond acceptors (Lipinski definition) is 8. The zero-order valence-corrected chi connectivity index (χ0v) is 20.5. The summed E-state index contributed by atoms with van der Waals surface area (Å²) >= 11 is 0. The molecule has 0 aliphatic carbocycles. The van der Waals surface area contributed by atoms with Crippen LogP contribution in [0.5, 0.6) is 23.0 Å². The Hall–Kier alpha value is -4.21. The Kier molecular flexibility index (Phi) is 7.94. The van der Waals surface area contributed by atoms with Gasteiger partial charge in [0.15, 0.2) is 34.5 Å². The summed E-state index contributed by atoms with van der Waals surface area (Å²) < 4.78 is 26.7. The van der Waals surface area contributed by atoms with Crippen LogP contribution in [0, 0.1) is 0 Å². The molecule has 1 N–H and O–H groups in total. The number of nitrogens with zero attached hydrogens (tertiary/aromatic N) is 2. The maximum Gasteiger partial charge on any atom is 0.273 e. The number of carbonyl (C=O) groups excluding carboxylic acids is 2. The second-order valence-electron chi connectivity index (χ2n) is 8.20. The molecule has 0 atom stereocenters. The summed E-state index contributed by atoms with van der Waals surface area (Å²) in [5.74, 6) is 2.19. The fourth-order valence-electron chi connectivity index (χ4n) is 3.76. The minimum atomic E-state index is -0.381. The van der Waals surface area contributed by atoms with Crippen LogP contribution in [0.3, 0.4) is 0 Å². The maximum atomic E-state index is 13.3. The topological polar surface area (TPSA) is 112 Å². The van der Waals surface area contributed by atoms with Crippen molar-refractivity contribution < 1.29 is 33.1 Å². The standard InChI is InChI=1S/C26H29N3O7/c1-4-5-10-29(26(31)18-7-9-21(32-2)23(12-18)33-3)15-19-13-20(28-36-19)25(30)27-14-17-6-8-22-24(11-17)35-16-34-22/h6-9,11-13H,4-5,10,14-16H2,1-3H3,(H,27,30). The van der Waals surface area contributed by atoms with Gasteiger partial charge in [-0.1, -0.05) is 24.6 Å². The SMILES string of the molecule is CCCCN(Cc1cc(C(=O)NCc2ccc3c(c2)OCO3)no1)C(=O)c1ccc(OC)c(OC)c1. The highest BCUT2D eigenvalue weighted by Crippen LogP contribution is 2.32. The number of methoxy groups -OCH3 is 2. The predicted molar refractivity (Wildman–Crippen MR) is 129 cm³/mol. The summed E-state index contributed by atoms with van der Waals surface area (Å²) in [5.41, 5.74) is 1.47. The number of nitrogens with one attached hydrogen (secondary N) is 1. The Bertz CT molecular complexity index is 1220. The molecule has 0 saturated carbocycles. The lowest BCUT2D eigenvalue weighted by atomic mass is 10.1. The molecule has 4 rings (SSSR count). The Morgan fingerprint density at radius 1 is 1.03 bits per heavy atom. The minimum absolute atomic E-state index is 0.139. The van der Waals surface area contributed by atoms with E-state index in [1.165, 1.54) is 7.11 Å². The molecular weight excluding hydrogens is 466 g/mol. The lowest BCUT2D eigenvalue weighted by molar-refractivity contribution is 0.0724. The van der Waals surface area contributed by atoms with E-state index in [0.29, 0.717) is 40.9 Å². The van der Waals surface area contributed by atoms with Gasteiger partial charge in [-0.25, -0.2) is 0 Å². The first-order chi connectivity index (χ1) is 17.5. The Balaban J connectivity index is 1.41. The molecule has 36 heavy (non-hydrogen) atoms. The monoisotopic (exact) mass is 495 g/mol. The number of aromatic nitrogens is 1. The molecule has 2 amide bonds. The van der Waals surface area contributed by atoms with Crippen molar-refractivity contribution in [2.45, 2.75) is 32.9 Å². The Morgan fingerprint density at radius 3 is 2.61 bits per heavy atom. The molecule has 1 aliphatic heterocycles. The molecule has 0 radical (unpaired) electrons. The van der Waals surface area contributed by atoms with E-state index in [1.54, 1.807) is 42.3 Å². The van der Waals surface area contributed by atoms with Crippen molar-refractivity contribution in [1.29, 1.82) is 0 Å². The van der Waals surface area contributed by atoms with Gasteiger partial charge in [-0.15, -0.1) is 0 Å². The Morgan fingerprint density at radius 2 is 1.83 bits per heavy atom. The van der Waals surface area contributed by atoms with Crippen LogP contribution < -0.4 is 24.3 Å². The Labute approximate surface area is 209 Å². The second-order valence-corrected chi connectivity index (χ2v) is 8.20. The van der Waals surface area contributed by atoms with Gasteiger partial charge in [-0.05, 0) is 42.3 Å². The van der Waals surface area contributed by atoms with Crippen molar-refractivity contribution in [1.82, 2.24) is 15.4 Å². The van der Waals surface area contributed by atoms with Gasteiger partial charge in [0.05, 0.1) is 20.8 Å². The minimum Gasteiger partial charge on any atom is -0.493 e. The largest absolute Gasteiger partial charge is 0.493 e. The fraction of sp³-hybridized carbons (Fsp3) is 0.346. The smallest absolute Gasteiger partial charge is 0.273 e. The molecule has 190 valence electrons. The van der Waals surface area contributed by atoms with Crippen molar-refractivity contribution in [2.75, 3.05) is 27.6 Å². The van der Waals surface area contributed by atoms with Crippen molar-refractivity contribution in [2.24, 2.45) is 0 Å². The van der Waals surface area contributed by atoms with E-state index < -0.39 is 0 Å². The summed E-state index contributed by atoms with van der Waals surface area (Å²) in [6, 6.07) is 12.1. The number of rotatable bonds is 11. The number of unbranched alkanes of at least 4 members (excludes halogenated alkanes) is 1. The first-order valence-corrected chi connectivity index (χ1v) is 11.7. The highest BCUT2D eigenvalue weighted by Gasteiger charge is 2.21. The third-order valence-electron chi connectivity index (χ3n) is 5.73. The van der Waals surface area contributed by atoms with Crippen LogP contribution in [-0.4, -0.2) is 49.4 Å². The number of hydrogen-bond donors (Lipinski definition) is 1. The van der Waals surface area contributed by atoms with Gasteiger partial charge in [0.25, 0.3) is 11.8 Å². The predicted octanol–water partition coefficient (Wildman–Crippen LogP) is 3.79. The molecule has 2 aromatic carbocycles. The molecule has 10 nitrogen and oxygen atoms in total. The summed E-state index contributed by atoms with van der Waals surface area (Å²) in [6.07, 6.45) is 1.73. The van der Waals surface area contributed by atoms with E-state index >= 15 is 0 Å². The van der Waals surface area contributed by atoms with Crippen LogP contribution in [0.2, 0.25) is 0 Å².